The number of hydrogen-bond donors (Lipinski definition) is 2. The molecule has 11 heteroatoms. The van der Waals surface area contributed by atoms with E-state index in [0.717, 1.165) is 46.6 Å². The molecule has 0 radical (unpaired) electrons. The molecular formula is C28H33N3O7S. The van der Waals surface area contributed by atoms with Gasteiger partial charge in [-0.25, -0.2) is 9.97 Å². The molecule has 0 bridgehead atoms. The predicted molar refractivity (Wildman–Crippen MR) is 146 cm³/mol. The van der Waals surface area contributed by atoms with Crippen LogP contribution < -0.4 is 14.2 Å². The summed E-state index contributed by atoms with van der Waals surface area (Å²) in [6.45, 7) is 4.35. The highest BCUT2D eigenvalue weighted by Gasteiger charge is 2.37. The molecule has 3 aromatic rings. The van der Waals surface area contributed by atoms with Crippen LogP contribution in [0.2, 0.25) is 0 Å². The van der Waals surface area contributed by atoms with E-state index in [2.05, 4.69) is 9.97 Å². The third-order valence-corrected chi connectivity index (χ3v) is 7.64. The second kappa shape index (κ2) is 12.1. The number of fused-ring (bicyclic) bond motifs is 3. The van der Waals surface area contributed by atoms with Gasteiger partial charge in [-0.2, -0.15) is 8.42 Å². The summed E-state index contributed by atoms with van der Waals surface area (Å²) >= 11 is 0. The van der Waals surface area contributed by atoms with Gasteiger partial charge in [0.2, 0.25) is 0 Å². The van der Waals surface area contributed by atoms with Gasteiger partial charge in [0.25, 0.3) is 10.1 Å². The van der Waals surface area contributed by atoms with Gasteiger partial charge >= 0.3 is 6.01 Å². The molecule has 0 unspecified atom stereocenters. The van der Waals surface area contributed by atoms with Crippen molar-refractivity contribution in [3.05, 3.63) is 71.0 Å². The van der Waals surface area contributed by atoms with Gasteiger partial charge in [0.15, 0.2) is 11.5 Å². The highest BCUT2D eigenvalue weighted by atomic mass is 32.2. The number of hydrogen-bond acceptors (Lipinski definition) is 9. The number of aliphatic imine (C=N–C) groups is 1. The largest absolute Gasteiger partial charge is 0.493 e. The molecule has 5 rings (SSSR count). The van der Waals surface area contributed by atoms with E-state index in [4.69, 9.17) is 23.8 Å². The lowest BCUT2D eigenvalue weighted by Crippen LogP contribution is -2.34. The standard InChI is InChI=1S/C21H25N3O4.C7H8O3S/c1-4-28-19-8-14-15-7-13(25)5-6-17(15)24-20(16(14)9-18(19)26-2)12-10-22-21(27-3)23-11-12;1-6-2-4-7(5-3-6)11(8,9)10/h8-11,13,15,17,25H,4-7H2,1-3H3;2-5H,1H3,(H,8,9,10)/t13-,15-,17-;/m1./s1. The summed E-state index contributed by atoms with van der Waals surface area (Å²) in [5, 5.41) is 10.2. The normalized spacial score (nSPS) is 19.9. The number of benzene rings is 2. The lowest BCUT2D eigenvalue weighted by Gasteiger charge is -2.37. The zero-order chi connectivity index (χ0) is 28.2. The molecule has 1 aliphatic carbocycles. The van der Waals surface area contributed by atoms with Crippen molar-refractivity contribution >= 4 is 15.8 Å². The van der Waals surface area contributed by atoms with Crippen molar-refractivity contribution in [1.82, 2.24) is 9.97 Å². The SMILES string of the molecule is CCOc1cc2c(cc1OC)C(c1cnc(OC)nc1)=N[C@@H]1CC[C@@H](O)C[C@H]21.Cc1ccc(S(=O)(=O)O)cc1. The van der Waals surface area contributed by atoms with Crippen LogP contribution in [0.3, 0.4) is 0 Å². The molecule has 1 aliphatic heterocycles. The first-order valence-electron chi connectivity index (χ1n) is 12.7. The Morgan fingerprint density at radius 3 is 2.28 bits per heavy atom. The molecule has 3 atom stereocenters. The minimum Gasteiger partial charge on any atom is -0.493 e. The number of aliphatic hydroxyl groups excluding tert-OH is 1. The molecule has 0 spiro atoms. The molecule has 208 valence electrons. The van der Waals surface area contributed by atoms with Gasteiger partial charge in [0.1, 0.15) is 0 Å². The van der Waals surface area contributed by atoms with E-state index >= 15 is 0 Å². The molecule has 1 fully saturated rings. The maximum atomic E-state index is 10.5. The van der Waals surface area contributed by atoms with Crippen LogP contribution in [0.1, 0.15) is 54.4 Å². The van der Waals surface area contributed by atoms with Crippen LogP contribution in [0.5, 0.6) is 17.5 Å². The Morgan fingerprint density at radius 1 is 1.00 bits per heavy atom. The van der Waals surface area contributed by atoms with Crippen molar-refractivity contribution in [2.75, 3.05) is 20.8 Å². The van der Waals surface area contributed by atoms with Gasteiger partial charge in [0, 0.05) is 29.4 Å². The first-order chi connectivity index (χ1) is 18.6. The fraction of sp³-hybridized carbons (Fsp3) is 0.393. The predicted octanol–water partition coefficient (Wildman–Crippen LogP) is 3.98. The molecule has 2 heterocycles. The number of ether oxygens (including phenoxy) is 3. The van der Waals surface area contributed by atoms with Gasteiger partial charge in [0.05, 0.1) is 43.6 Å². The zero-order valence-electron chi connectivity index (χ0n) is 22.4. The fourth-order valence-electron chi connectivity index (χ4n) is 4.86. The van der Waals surface area contributed by atoms with E-state index in [1.807, 2.05) is 26.0 Å². The van der Waals surface area contributed by atoms with Gasteiger partial charge in [-0.05, 0) is 62.9 Å². The Morgan fingerprint density at radius 2 is 1.69 bits per heavy atom. The summed E-state index contributed by atoms with van der Waals surface area (Å²) in [6, 6.07) is 10.5. The molecule has 0 saturated heterocycles. The van der Waals surface area contributed by atoms with E-state index in [1.54, 1.807) is 38.7 Å². The monoisotopic (exact) mass is 555 g/mol. The smallest absolute Gasteiger partial charge is 0.316 e. The summed E-state index contributed by atoms with van der Waals surface area (Å²) in [4.78, 5) is 13.5. The molecular weight excluding hydrogens is 522 g/mol. The first kappa shape index (κ1) is 28.5. The van der Waals surface area contributed by atoms with Gasteiger partial charge in [-0.1, -0.05) is 17.7 Å². The Labute approximate surface area is 228 Å². The lowest BCUT2D eigenvalue weighted by molar-refractivity contribution is 0.111. The fourth-order valence-corrected chi connectivity index (χ4v) is 5.34. The summed E-state index contributed by atoms with van der Waals surface area (Å²) in [5.41, 5.74) is 4.74. The average Bonchev–Trinajstić information content (AvgIpc) is 2.93. The zero-order valence-corrected chi connectivity index (χ0v) is 23.2. The van der Waals surface area contributed by atoms with Crippen LogP contribution in [0.15, 0.2) is 58.7 Å². The van der Waals surface area contributed by atoms with E-state index in [0.29, 0.717) is 24.8 Å². The van der Waals surface area contributed by atoms with Gasteiger partial charge in [-0.3, -0.25) is 9.55 Å². The highest BCUT2D eigenvalue weighted by molar-refractivity contribution is 7.85. The molecule has 0 amide bonds. The Kier molecular flexibility index (Phi) is 8.83. The third-order valence-electron chi connectivity index (χ3n) is 6.77. The highest BCUT2D eigenvalue weighted by Crippen LogP contribution is 2.44. The lowest BCUT2D eigenvalue weighted by atomic mass is 9.74. The molecule has 39 heavy (non-hydrogen) atoms. The Balaban J connectivity index is 0.000000270. The number of aryl methyl sites for hydroxylation is 1. The number of methoxy groups -OCH3 is 2. The van der Waals surface area contributed by atoms with Crippen molar-refractivity contribution in [2.24, 2.45) is 4.99 Å². The second-order valence-electron chi connectivity index (χ2n) is 9.39. The van der Waals surface area contributed by atoms with Crippen LogP contribution in [-0.2, 0) is 10.1 Å². The molecule has 2 aromatic carbocycles. The Hall–Kier alpha value is -3.54. The maximum absolute atomic E-state index is 10.5. The molecule has 1 saturated carbocycles. The molecule has 10 nitrogen and oxygen atoms in total. The van der Waals surface area contributed by atoms with E-state index in [1.165, 1.54) is 12.1 Å². The van der Waals surface area contributed by atoms with Crippen molar-refractivity contribution in [2.45, 2.75) is 56.1 Å². The van der Waals surface area contributed by atoms with Crippen LogP contribution in [0, 0.1) is 6.92 Å². The molecule has 2 aliphatic rings. The number of nitrogens with zero attached hydrogens (tertiary/aromatic N) is 3. The average molecular weight is 556 g/mol. The summed E-state index contributed by atoms with van der Waals surface area (Å²) in [6.07, 6.45) is 5.48. The van der Waals surface area contributed by atoms with Crippen molar-refractivity contribution in [3.8, 4) is 17.5 Å². The molecule has 2 N–H and O–H groups in total. The number of aromatic nitrogens is 2. The summed E-state index contributed by atoms with van der Waals surface area (Å²) < 4.78 is 46.0. The minimum absolute atomic E-state index is 0.0666. The van der Waals surface area contributed by atoms with Gasteiger partial charge in [-0.15, -0.1) is 0 Å². The van der Waals surface area contributed by atoms with E-state index < -0.39 is 10.1 Å². The summed E-state index contributed by atoms with van der Waals surface area (Å²) in [5.74, 6) is 1.54. The summed E-state index contributed by atoms with van der Waals surface area (Å²) in [7, 11) is -0.845. The number of rotatable bonds is 6. The van der Waals surface area contributed by atoms with Crippen LogP contribution >= 0.6 is 0 Å². The van der Waals surface area contributed by atoms with E-state index in [9.17, 15) is 13.5 Å². The minimum atomic E-state index is -4.02. The van der Waals surface area contributed by atoms with Gasteiger partial charge < -0.3 is 19.3 Å². The number of aliphatic hydroxyl groups is 1. The first-order valence-corrected chi connectivity index (χ1v) is 14.1. The van der Waals surface area contributed by atoms with Crippen LogP contribution in [0.4, 0.5) is 0 Å². The van der Waals surface area contributed by atoms with Crippen LogP contribution in [0.25, 0.3) is 0 Å². The quantitative estimate of drug-likeness (QED) is 0.432. The van der Waals surface area contributed by atoms with Crippen LogP contribution in [-0.4, -0.2) is 66.7 Å². The Bertz CT molecular complexity index is 1420. The maximum Gasteiger partial charge on any atom is 0.316 e. The van der Waals surface area contributed by atoms with Crippen molar-refractivity contribution in [3.63, 3.8) is 0 Å². The van der Waals surface area contributed by atoms with Crippen molar-refractivity contribution < 1.29 is 32.3 Å². The topological polar surface area (TPSA) is 140 Å². The molecule has 1 aromatic heterocycles. The van der Waals surface area contributed by atoms with Crippen molar-refractivity contribution in [1.29, 1.82) is 0 Å². The third kappa shape index (κ3) is 6.55. The van der Waals surface area contributed by atoms with E-state index in [-0.39, 0.29) is 23.0 Å². The second-order valence-corrected chi connectivity index (χ2v) is 10.8.